The van der Waals surface area contributed by atoms with Gasteiger partial charge in [0.05, 0.1) is 0 Å². The molecule has 0 saturated carbocycles. The van der Waals surface area contributed by atoms with Gasteiger partial charge in [-0.25, -0.2) is 0 Å². The topological polar surface area (TPSA) is 59.2 Å². The Balaban J connectivity index is 2.75. The SMILES string of the molecule is CC(C)N(CCCN)C(=O)c1ccncc1. The molecule has 2 N–H and O–H groups in total. The smallest absolute Gasteiger partial charge is 0.254 e. The summed E-state index contributed by atoms with van der Waals surface area (Å²) >= 11 is 0. The molecule has 0 spiro atoms. The summed E-state index contributed by atoms with van der Waals surface area (Å²) in [6.07, 6.45) is 4.10. The highest BCUT2D eigenvalue weighted by atomic mass is 16.2. The van der Waals surface area contributed by atoms with E-state index in [4.69, 9.17) is 5.73 Å². The summed E-state index contributed by atoms with van der Waals surface area (Å²) in [7, 11) is 0. The van der Waals surface area contributed by atoms with Gasteiger partial charge in [-0.3, -0.25) is 9.78 Å². The van der Waals surface area contributed by atoms with Crippen molar-refractivity contribution in [3.8, 4) is 0 Å². The molecule has 0 fully saturated rings. The third-order valence-electron chi connectivity index (χ3n) is 2.41. The lowest BCUT2D eigenvalue weighted by atomic mass is 10.2. The highest BCUT2D eigenvalue weighted by molar-refractivity contribution is 5.94. The molecule has 0 unspecified atom stereocenters. The van der Waals surface area contributed by atoms with Gasteiger partial charge < -0.3 is 10.6 Å². The Morgan fingerprint density at radius 1 is 1.44 bits per heavy atom. The second kappa shape index (κ2) is 6.23. The van der Waals surface area contributed by atoms with Gasteiger partial charge in [-0.1, -0.05) is 0 Å². The second-order valence-electron chi connectivity index (χ2n) is 3.97. The van der Waals surface area contributed by atoms with Crippen LogP contribution in [0.25, 0.3) is 0 Å². The molecule has 4 nitrogen and oxygen atoms in total. The monoisotopic (exact) mass is 221 g/mol. The zero-order chi connectivity index (χ0) is 12.0. The van der Waals surface area contributed by atoms with Crippen LogP contribution in [0.1, 0.15) is 30.6 Å². The van der Waals surface area contributed by atoms with Crippen molar-refractivity contribution in [2.45, 2.75) is 26.3 Å². The molecule has 88 valence electrons. The number of carbonyl (C=O) groups excluding carboxylic acids is 1. The molecule has 0 radical (unpaired) electrons. The van der Waals surface area contributed by atoms with E-state index in [1.807, 2.05) is 18.7 Å². The van der Waals surface area contributed by atoms with Gasteiger partial charge >= 0.3 is 0 Å². The van der Waals surface area contributed by atoms with Crippen LogP contribution in [0.4, 0.5) is 0 Å². The number of nitrogens with two attached hydrogens (primary N) is 1. The predicted molar refractivity (Wildman–Crippen MR) is 64.1 cm³/mol. The number of pyridine rings is 1. The summed E-state index contributed by atoms with van der Waals surface area (Å²) in [6.45, 7) is 5.33. The number of rotatable bonds is 5. The van der Waals surface area contributed by atoms with E-state index in [-0.39, 0.29) is 11.9 Å². The summed E-state index contributed by atoms with van der Waals surface area (Å²) < 4.78 is 0. The van der Waals surface area contributed by atoms with Crippen LogP contribution in [0, 0.1) is 0 Å². The average Bonchev–Trinajstić information content (AvgIpc) is 2.30. The van der Waals surface area contributed by atoms with Crippen LogP contribution in [0.2, 0.25) is 0 Å². The van der Waals surface area contributed by atoms with Gasteiger partial charge in [0.25, 0.3) is 5.91 Å². The van der Waals surface area contributed by atoms with Crippen LogP contribution in [0.3, 0.4) is 0 Å². The Morgan fingerprint density at radius 3 is 2.56 bits per heavy atom. The fourth-order valence-corrected chi connectivity index (χ4v) is 1.52. The van der Waals surface area contributed by atoms with Crippen molar-refractivity contribution in [2.24, 2.45) is 5.73 Å². The lowest BCUT2D eigenvalue weighted by Gasteiger charge is -2.26. The van der Waals surface area contributed by atoms with Crippen LogP contribution < -0.4 is 5.73 Å². The van der Waals surface area contributed by atoms with Crippen LogP contribution in [-0.2, 0) is 0 Å². The summed E-state index contributed by atoms with van der Waals surface area (Å²) in [5.74, 6) is 0.0471. The first-order chi connectivity index (χ1) is 7.66. The lowest BCUT2D eigenvalue weighted by molar-refractivity contribution is 0.0704. The summed E-state index contributed by atoms with van der Waals surface area (Å²) in [5.41, 5.74) is 6.15. The molecule has 1 aromatic heterocycles. The summed E-state index contributed by atoms with van der Waals surface area (Å²) in [5, 5.41) is 0. The lowest BCUT2D eigenvalue weighted by Crippen LogP contribution is -2.38. The number of hydrogen-bond acceptors (Lipinski definition) is 3. The molecule has 1 heterocycles. The van der Waals surface area contributed by atoms with Crippen LogP contribution in [-0.4, -0.2) is 34.9 Å². The second-order valence-corrected chi connectivity index (χ2v) is 3.97. The number of nitrogens with zero attached hydrogens (tertiary/aromatic N) is 2. The van der Waals surface area contributed by atoms with Crippen LogP contribution in [0.15, 0.2) is 24.5 Å². The van der Waals surface area contributed by atoms with Crippen molar-refractivity contribution in [1.29, 1.82) is 0 Å². The normalized spacial score (nSPS) is 10.5. The molecule has 16 heavy (non-hydrogen) atoms. The average molecular weight is 221 g/mol. The molecular formula is C12H19N3O. The molecular weight excluding hydrogens is 202 g/mol. The largest absolute Gasteiger partial charge is 0.336 e. The van der Waals surface area contributed by atoms with Gasteiger partial charge in [0.1, 0.15) is 0 Å². The van der Waals surface area contributed by atoms with Crippen LogP contribution >= 0.6 is 0 Å². The highest BCUT2D eigenvalue weighted by Crippen LogP contribution is 2.08. The molecule has 0 aliphatic rings. The van der Waals surface area contributed by atoms with Gasteiger partial charge in [0, 0.05) is 30.5 Å². The van der Waals surface area contributed by atoms with Crippen molar-refractivity contribution in [1.82, 2.24) is 9.88 Å². The standard InChI is InChI=1S/C12H19N3O/c1-10(2)15(9-3-6-13)12(16)11-4-7-14-8-5-11/h4-5,7-8,10H,3,6,9,13H2,1-2H3. The molecule has 0 aliphatic carbocycles. The maximum Gasteiger partial charge on any atom is 0.254 e. The van der Waals surface area contributed by atoms with Gasteiger partial charge in [-0.15, -0.1) is 0 Å². The molecule has 0 atom stereocenters. The number of carbonyl (C=O) groups is 1. The molecule has 4 heteroatoms. The van der Waals surface area contributed by atoms with E-state index in [1.54, 1.807) is 24.5 Å². The predicted octanol–water partition coefficient (Wildman–Crippen LogP) is 1.28. The number of aromatic nitrogens is 1. The molecule has 0 aliphatic heterocycles. The van der Waals surface area contributed by atoms with Gasteiger partial charge in [0.2, 0.25) is 0 Å². The van der Waals surface area contributed by atoms with E-state index in [9.17, 15) is 4.79 Å². The zero-order valence-corrected chi connectivity index (χ0v) is 9.89. The first-order valence-corrected chi connectivity index (χ1v) is 5.58. The Kier molecular flexibility index (Phi) is 4.92. The fraction of sp³-hybridized carbons (Fsp3) is 0.500. The summed E-state index contributed by atoms with van der Waals surface area (Å²) in [6, 6.07) is 3.66. The molecule has 1 amide bonds. The Labute approximate surface area is 96.5 Å². The number of hydrogen-bond donors (Lipinski definition) is 1. The zero-order valence-electron chi connectivity index (χ0n) is 9.89. The van der Waals surface area contributed by atoms with Crippen molar-refractivity contribution in [3.63, 3.8) is 0 Å². The summed E-state index contributed by atoms with van der Waals surface area (Å²) in [4.78, 5) is 17.9. The van der Waals surface area contributed by atoms with Crippen molar-refractivity contribution in [2.75, 3.05) is 13.1 Å². The Hall–Kier alpha value is -1.42. The van der Waals surface area contributed by atoms with E-state index >= 15 is 0 Å². The van der Waals surface area contributed by atoms with Crippen molar-refractivity contribution >= 4 is 5.91 Å². The van der Waals surface area contributed by atoms with Crippen LogP contribution in [0.5, 0.6) is 0 Å². The maximum atomic E-state index is 12.1. The third-order valence-corrected chi connectivity index (χ3v) is 2.41. The van der Waals surface area contributed by atoms with E-state index < -0.39 is 0 Å². The van der Waals surface area contributed by atoms with Gasteiger partial charge in [-0.05, 0) is 38.9 Å². The molecule has 0 saturated heterocycles. The molecule has 1 rings (SSSR count). The molecule has 1 aromatic rings. The fourth-order valence-electron chi connectivity index (χ4n) is 1.52. The first-order valence-electron chi connectivity index (χ1n) is 5.58. The Bertz CT molecular complexity index is 324. The highest BCUT2D eigenvalue weighted by Gasteiger charge is 2.17. The first kappa shape index (κ1) is 12.6. The Morgan fingerprint density at radius 2 is 2.06 bits per heavy atom. The third kappa shape index (κ3) is 3.31. The molecule has 0 aromatic carbocycles. The van der Waals surface area contributed by atoms with E-state index in [0.29, 0.717) is 18.7 Å². The van der Waals surface area contributed by atoms with E-state index in [2.05, 4.69) is 4.98 Å². The van der Waals surface area contributed by atoms with E-state index in [0.717, 1.165) is 6.42 Å². The van der Waals surface area contributed by atoms with E-state index in [1.165, 1.54) is 0 Å². The van der Waals surface area contributed by atoms with Crippen molar-refractivity contribution < 1.29 is 4.79 Å². The quantitative estimate of drug-likeness (QED) is 0.814. The minimum absolute atomic E-state index is 0.0471. The minimum atomic E-state index is 0.0471. The van der Waals surface area contributed by atoms with Gasteiger partial charge in [-0.2, -0.15) is 0 Å². The maximum absolute atomic E-state index is 12.1. The minimum Gasteiger partial charge on any atom is -0.336 e. The molecule has 0 bridgehead atoms. The van der Waals surface area contributed by atoms with Crippen molar-refractivity contribution in [3.05, 3.63) is 30.1 Å². The number of amides is 1. The van der Waals surface area contributed by atoms with Gasteiger partial charge in [0.15, 0.2) is 0 Å².